The third kappa shape index (κ3) is 6.02. The van der Waals surface area contributed by atoms with E-state index in [0.29, 0.717) is 25.4 Å². The Morgan fingerprint density at radius 1 is 1.20 bits per heavy atom. The molecule has 7 heteroatoms. The van der Waals surface area contributed by atoms with Gasteiger partial charge in [-0.05, 0) is 37.1 Å². The lowest BCUT2D eigenvalue weighted by molar-refractivity contribution is -0.133. The number of nitrogens with one attached hydrogen (secondary N) is 1. The van der Waals surface area contributed by atoms with Gasteiger partial charge in [0.15, 0.2) is 0 Å². The van der Waals surface area contributed by atoms with Crippen molar-refractivity contribution in [2.24, 2.45) is 7.05 Å². The molecule has 1 fully saturated rings. The summed E-state index contributed by atoms with van der Waals surface area (Å²) < 4.78 is 7.44. The van der Waals surface area contributed by atoms with Crippen molar-refractivity contribution in [3.05, 3.63) is 60.8 Å². The summed E-state index contributed by atoms with van der Waals surface area (Å²) in [6.45, 7) is 4.86. The van der Waals surface area contributed by atoms with Crippen molar-refractivity contribution in [3.8, 4) is 0 Å². The van der Waals surface area contributed by atoms with Crippen molar-refractivity contribution in [2.75, 3.05) is 13.1 Å². The molecular weight excluding hydrogens is 380 g/mol. The standard InChI is InChI=1S/C23H32N4O3/c1-3-13-26(23(29)24-19-9-5-4-6-10-19)18-22(28)27(17-21-12-8-15-30-21)16-20-11-7-14-25(20)2/h3,7-8,11-12,14-15,19H,1,4-6,9-10,13,16-18H2,2H3,(H,24,29). The van der Waals surface area contributed by atoms with E-state index in [0.717, 1.165) is 31.4 Å². The van der Waals surface area contributed by atoms with Gasteiger partial charge in [-0.2, -0.15) is 0 Å². The van der Waals surface area contributed by atoms with E-state index in [-0.39, 0.29) is 24.5 Å². The Hall–Kier alpha value is -2.96. The molecule has 162 valence electrons. The van der Waals surface area contributed by atoms with Crippen molar-refractivity contribution in [3.63, 3.8) is 0 Å². The maximum Gasteiger partial charge on any atom is 0.318 e. The fourth-order valence-electron chi connectivity index (χ4n) is 3.83. The van der Waals surface area contributed by atoms with Crippen LogP contribution in [0.15, 0.2) is 53.8 Å². The molecule has 1 N–H and O–H groups in total. The van der Waals surface area contributed by atoms with Crippen molar-refractivity contribution >= 4 is 11.9 Å². The maximum atomic E-state index is 13.2. The number of carbonyl (C=O) groups excluding carboxylic acids is 2. The topological polar surface area (TPSA) is 70.7 Å². The first-order valence-corrected chi connectivity index (χ1v) is 10.6. The lowest BCUT2D eigenvalue weighted by Gasteiger charge is -2.29. The lowest BCUT2D eigenvalue weighted by atomic mass is 9.96. The molecule has 2 heterocycles. The number of hydrogen-bond acceptors (Lipinski definition) is 3. The van der Waals surface area contributed by atoms with Crippen molar-refractivity contribution in [2.45, 2.75) is 51.2 Å². The highest BCUT2D eigenvalue weighted by atomic mass is 16.3. The minimum Gasteiger partial charge on any atom is -0.467 e. The molecule has 2 aromatic rings. The Balaban J connectivity index is 1.68. The van der Waals surface area contributed by atoms with Gasteiger partial charge in [0.05, 0.1) is 19.4 Å². The van der Waals surface area contributed by atoms with Crippen LogP contribution in [0.4, 0.5) is 4.79 Å². The Morgan fingerprint density at radius 2 is 2.00 bits per heavy atom. The molecule has 0 unspecified atom stereocenters. The van der Waals surface area contributed by atoms with Crippen LogP contribution >= 0.6 is 0 Å². The third-order valence-electron chi connectivity index (χ3n) is 5.58. The van der Waals surface area contributed by atoms with Crippen LogP contribution in [-0.2, 0) is 24.9 Å². The molecular formula is C23H32N4O3. The molecule has 0 bridgehead atoms. The molecule has 0 radical (unpaired) electrons. The van der Waals surface area contributed by atoms with Gasteiger partial charge >= 0.3 is 6.03 Å². The number of rotatable bonds is 9. The molecule has 1 aliphatic rings. The van der Waals surface area contributed by atoms with Gasteiger partial charge in [-0.15, -0.1) is 6.58 Å². The molecule has 0 aromatic carbocycles. The molecule has 30 heavy (non-hydrogen) atoms. The van der Waals surface area contributed by atoms with Gasteiger partial charge in [0.2, 0.25) is 5.91 Å². The zero-order chi connectivity index (χ0) is 21.3. The minimum absolute atomic E-state index is 0.00426. The largest absolute Gasteiger partial charge is 0.467 e. The van der Waals surface area contributed by atoms with Crippen molar-refractivity contribution < 1.29 is 14.0 Å². The van der Waals surface area contributed by atoms with Gasteiger partial charge in [-0.3, -0.25) is 4.79 Å². The summed E-state index contributed by atoms with van der Waals surface area (Å²) in [7, 11) is 1.95. The van der Waals surface area contributed by atoms with Gasteiger partial charge in [0.1, 0.15) is 12.3 Å². The van der Waals surface area contributed by atoms with Crippen LogP contribution in [0, 0.1) is 0 Å². The number of amides is 3. The number of furan rings is 1. The number of carbonyl (C=O) groups is 2. The van der Waals surface area contributed by atoms with Crippen LogP contribution in [0.2, 0.25) is 0 Å². The Morgan fingerprint density at radius 3 is 2.63 bits per heavy atom. The highest BCUT2D eigenvalue weighted by molar-refractivity contribution is 5.84. The fraction of sp³-hybridized carbons (Fsp3) is 0.478. The first kappa shape index (κ1) is 21.7. The maximum absolute atomic E-state index is 13.2. The second-order valence-electron chi connectivity index (χ2n) is 7.89. The van der Waals surface area contributed by atoms with Crippen LogP contribution in [-0.4, -0.2) is 45.4 Å². The zero-order valence-electron chi connectivity index (χ0n) is 17.8. The molecule has 0 saturated heterocycles. The molecule has 3 rings (SSSR count). The molecule has 1 aliphatic carbocycles. The molecule has 2 aromatic heterocycles. The predicted octanol–water partition coefficient (Wildman–Crippen LogP) is 3.68. The van der Waals surface area contributed by atoms with Crippen LogP contribution in [0.3, 0.4) is 0 Å². The quantitative estimate of drug-likeness (QED) is 0.639. The number of aryl methyl sites for hydroxylation is 1. The smallest absolute Gasteiger partial charge is 0.318 e. The summed E-state index contributed by atoms with van der Waals surface area (Å²) in [6.07, 6.45) is 10.7. The average Bonchev–Trinajstić information content (AvgIpc) is 3.40. The van der Waals surface area contributed by atoms with E-state index < -0.39 is 0 Å². The Bertz CT molecular complexity index is 821. The third-order valence-corrected chi connectivity index (χ3v) is 5.58. The summed E-state index contributed by atoms with van der Waals surface area (Å²) in [5, 5.41) is 3.09. The number of hydrogen-bond donors (Lipinski definition) is 1. The van der Waals surface area contributed by atoms with E-state index in [4.69, 9.17) is 4.42 Å². The van der Waals surface area contributed by atoms with E-state index >= 15 is 0 Å². The Labute approximate surface area is 178 Å². The normalized spacial score (nSPS) is 14.3. The van der Waals surface area contributed by atoms with E-state index in [1.807, 2.05) is 42.1 Å². The molecule has 3 amide bonds. The van der Waals surface area contributed by atoms with Crippen LogP contribution < -0.4 is 5.32 Å². The SMILES string of the molecule is C=CCN(CC(=O)N(Cc1ccco1)Cc1cccn1C)C(=O)NC1CCCCC1. The van der Waals surface area contributed by atoms with E-state index in [1.165, 1.54) is 11.3 Å². The van der Waals surface area contributed by atoms with Crippen LogP contribution in [0.1, 0.15) is 43.6 Å². The molecule has 7 nitrogen and oxygen atoms in total. The van der Waals surface area contributed by atoms with Crippen molar-refractivity contribution in [1.82, 2.24) is 19.7 Å². The average molecular weight is 413 g/mol. The highest BCUT2D eigenvalue weighted by Gasteiger charge is 2.24. The van der Waals surface area contributed by atoms with Gasteiger partial charge in [-0.1, -0.05) is 25.3 Å². The number of urea groups is 1. The van der Waals surface area contributed by atoms with Crippen LogP contribution in [0.5, 0.6) is 0 Å². The van der Waals surface area contributed by atoms with E-state index in [2.05, 4.69) is 11.9 Å². The summed E-state index contributed by atoms with van der Waals surface area (Å²) in [4.78, 5) is 29.3. The fourth-order valence-corrected chi connectivity index (χ4v) is 3.83. The second-order valence-corrected chi connectivity index (χ2v) is 7.89. The second kappa shape index (κ2) is 10.7. The lowest BCUT2D eigenvalue weighted by Crippen LogP contribution is -2.49. The first-order valence-electron chi connectivity index (χ1n) is 10.6. The highest BCUT2D eigenvalue weighted by Crippen LogP contribution is 2.18. The molecule has 0 spiro atoms. The van der Waals surface area contributed by atoms with Gasteiger partial charge < -0.3 is 24.1 Å². The summed E-state index contributed by atoms with van der Waals surface area (Å²) in [6, 6.07) is 7.58. The molecule has 1 saturated carbocycles. The van der Waals surface area contributed by atoms with E-state index in [1.54, 1.807) is 17.2 Å². The molecule has 0 atom stereocenters. The van der Waals surface area contributed by atoms with Gasteiger partial charge in [0.25, 0.3) is 0 Å². The zero-order valence-corrected chi connectivity index (χ0v) is 17.8. The van der Waals surface area contributed by atoms with Gasteiger partial charge in [0, 0.05) is 31.5 Å². The first-order chi connectivity index (χ1) is 14.6. The number of nitrogens with zero attached hydrogens (tertiary/aromatic N) is 3. The minimum atomic E-state index is -0.202. The van der Waals surface area contributed by atoms with Crippen LogP contribution in [0.25, 0.3) is 0 Å². The molecule has 0 aliphatic heterocycles. The summed E-state index contributed by atoms with van der Waals surface area (Å²) >= 11 is 0. The monoisotopic (exact) mass is 412 g/mol. The Kier molecular flexibility index (Phi) is 7.76. The summed E-state index contributed by atoms with van der Waals surface area (Å²) in [5.41, 5.74) is 1.01. The predicted molar refractivity (Wildman–Crippen MR) is 116 cm³/mol. The number of aromatic nitrogens is 1. The van der Waals surface area contributed by atoms with Crippen molar-refractivity contribution in [1.29, 1.82) is 0 Å². The van der Waals surface area contributed by atoms with Gasteiger partial charge in [-0.25, -0.2) is 4.79 Å². The van der Waals surface area contributed by atoms with E-state index in [9.17, 15) is 9.59 Å². The summed E-state index contributed by atoms with van der Waals surface area (Å²) in [5.74, 6) is 0.577.